The van der Waals surface area contributed by atoms with Crippen molar-refractivity contribution < 1.29 is 9.59 Å². The number of carbonyl (C=O) groups excluding carboxylic acids is 2. The number of hydrogen-bond donors (Lipinski definition) is 1. The molecule has 0 radical (unpaired) electrons. The lowest BCUT2D eigenvalue weighted by Gasteiger charge is -1.93. The first-order chi connectivity index (χ1) is 4.16. The van der Waals surface area contributed by atoms with Gasteiger partial charge in [0.1, 0.15) is 0 Å². The van der Waals surface area contributed by atoms with Crippen molar-refractivity contribution >= 4 is 29.4 Å². The highest BCUT2D eigenvalue weighted by atomic mass is 32.1. The smallest absolute Gasteiger partial charge is 0.231 e. The first-order valence-electron chi connectivity index (χ1n) is 2.41. The Balaban J connectivity index is 3.50. The summed E-state index contributed by atoms with van der Waals surface area (Å²) in [6, 6.07) is 0. The molecule has 0 aromatic heterocycles. The average Bonchev–Trinajstić information content (AvgIpc) is 1.63. The number of carbonyl (C=O) groups is 2. The fraction of sp³-hybridized carbons (Fsp3) is 0.400. The van der Waals surface area contributed by atoms with E-state index in [0.717, 1.165) is 0 Å². The Bertz CT molecular complexity index is 144. The van der Waals surface area contributed by atoms with Crippen LogP contribution in [0.15, 0.2) is 0 Å². The second kappa shape index (κ2) is 4.14. The first kappa shape index (κ1) is 8.23. The Hall–Kier alpha value is -0.770. The van der Waals surface area contributed by atoms with Crippen molar-refractivity contribution in [3.63, 3.8) is 0 Å². The van der Waals surface area contributed by atoms with Crippen LogP contribution in [0.25, 0.3) is 0 Å². The number of rotatable bonds is 2. The van der Waals surface area contributed by atoms with Gasteiger partial charge in [0, 0.05) is 6.92 Å². The number of thiocarbonyl (C=S) groups is 1. The van der Waals surface area contributed by atoms with E-state index in [9.17, 15) is 9.59 Å². The summed E-state index contributed by atoms with van der Waals surface area (Å²) in [5, 5.41) is 3.34. The third kappa shape index (κ3) is 5.10. The third-order valence-electron chi connectivity index (χ3n) is 0.584. The lowest BCUT2D eigenvalue weighted by Crippen LogP contribution is -2.27. The van der Waals surface area contributed by atoms with E-state index in [4.69, 9.17) is 0 Å². The molecule has 0 saturated heterocycles. The Morgan fingerprint density at radius 1 is 1.67 bits per heavy atom. The molecule has 3 nitrogen and oxygen atoms in total. The van der Waals surface area contributed by atoms with Crippen LogP contribution in [-0.4, -0.2) is 17.2 Å². The Morgan fingerprint density at radius 3 is 2.56 bits per heavy atom. The van der Waals surface area contributed by atoms with Crippen LogP contribution < -0.4 is 5.32 Å². The largest absolute Gasteiger partial charge is 0.296 e. The van der Waals surface area contributed by atoms with Gasteiger partial charge in [-0.15, -0.1) is 0 Å². The molecule has 0 saturated carbocycles. The van der Waals surface area contributed by atoms with Gasteiger partial charge in [0.05, 0.1) is 6.42 Å². The van der Waals surface area contributed by atoms with Crippen LogP contribution in [0.3, 0.4) is 0 Å². The maximum Gasteiger partial charge on any atom is 0.231 e. The van der Waals surface area contributed by atoms with Gasteiger partial charge in [0.25, 0.3) is 0 Å². The number of nitrogens with one attached hydrogen (secondary N) is 1. The van der Waals surface area contributed by atoms with Gasteiger partial charge < -0.3 is 0 Å². The fourth-order valence-electron chi connectivity index (χ4n) is 0.323. The zero-order valence-electron chi connectivity index (χ0n) is 5.01. The van der Waals surface area contributed by atoms with E-state index in [0.29, 0.717) is 0 Å². The molecule has 2 amide bonds. The zero-order valence-corrected chi connectivity index (χ0v) is 5.83. The van der Waals surface area contributed by atoms with Gasteiger partial charge in [-0.3, -0.25) is 14.9 Å². The van der Waals surface area contributed by atoms with E-state index < -0.39 is 0 Å². The molecule has 0 aromatic rings. The van der Waals surface area contributed by atoms with Crippen LogP contribution in [0.4, 0.5) is 0 Å². The van der Waals surface area contributed by atoms with Gasteiger partial charge in [-0.05, 0) is 5.37 Å². The summed E-state index contributed by atoms with van der Waals surface area (Å²) in [6.07, 6.45) is 0.120. The first-order valence-corrected chi connectivity index (χ1v) is 2.88. The Kier molecular flexibility index (Phi) is 3.79. The molecule has 0 aliphatic heterocycles. The van der Waals surface area contributed by atoms with Gasteiger partial charge >= 0.3 is 0 Å². The predicted octanol–water partition coefficient (Wildman–Crippen LogP) is 0.0389. The van der Waals surface area contributed by atoms with Crippen molar-refractivity contribution in [3.8, 4) is 0 Å². The van der Waals surface area contributed by atoms with Crippen molar-refractivity contribution in [1.29, 1.82) is 0 Å². The van der Waals surface area contributed by atoms with Gasteiger partial charge in [-0.1, -0.05) is 12.2 Å². The summed E-state index contributed by atoms with van der Waals surface area (Å²) in [4.78, 5) is 20.6. The van der Waals surface area contributed by atoms with Crippen molar-refractivity contribution in [2.45, 2.75) is 13.3 Å². The van der Waals surface area contributed by atoms with Gasteiger partial charge in [-0.2, -0.15) is 0 Å². The molecular weight excluding hydrogens is 138 g/mol. The fourth-order valence-corrected chi connectivity index (χ4v) is 0.474. The van der Waals surface area contributed by atoms with Crippen molar-refractivity contribution in [3.05, 3.63) is 0 Å². The minimum atomic E-state index is -0.350. The van der Waals surface area contributed by atoms with Crippen molar-refractivity contribution in [1.82, 2.24) is 5.32 Å². The minimum absolute atomic E-state index is 0.120. The molecular formula is C5H7NO2S. The lowest BCUT2D eigenvalue weighted by molar-refractivity contribution is -0.128. The summed E-state index contributed by atoms with van der Waals surface area (Å²) in [5.41, 5.74) is 0. The molecule has 9 heavy (non-hydrogen) atoms. The lowest BCUT2D eigenvalue weighted by atomic mass is 10.4. The molecule has 4 heteroatoms. The summed E-state index contributed by atoms with van der Waals surface area (Å²) < 4.78 is 0. The number of amides is 2. The summed E-state index contributed by atoms with van der Waals surface area (Å²) in [5.74, 6) is -0.700. The van der Waals surface area contributed by atoms with Crippen molar-refractivity contribution in [2.24, 2.45) is 0 Å². The van der Waals surface area contributed by atoms with Crippen LogP contribution in [-0.2, 0) is 9.59 Å². The van der Waals surface area contributed by atoms with E-state index in [1.54, 1.807) is 0 Å². The molecule has 0 aromatic carbocycles. The molecule has 0 aliphatic carbocycles. The third-order valence-corrected chi connectivity index (χ3v) is 0.751. The standard InChI is InChI=1S/C5H7NO2S/c1-4(7)6-5(8)2-3-9/h3H,2H2,1H3,(H,6,7,8). The molecule has 0 bridgehead atoms. The normalized spacial score (nSPS) is 8.11. The maximum absolute atomic E-state index is 10.4. The second-order valence-corrected chi connectivity index (χ2v) is 1.81. The molecule has 0 atom stereocenters. The second-order valence-electron chi connectivity index (χ2n) is 1.48. The van der Waals surface area contributed by atoms with Crippen LogP contribution in [0.5, 0.6) is 0 Å². The molecule has 0 fully saturated rings. The summed E-state index contributed by atoms with van der Waals surface area (Å²) in [7, 11) is 0. The summed E-state index contributed by atoms with van der Waals surface area (Å²) in [6.45, 7) is 1.28. The van der Waals surface area contributed by atoms with Crippen LogP contribution >= 0.6 is 12.2 Å². The van der Waals surface area contributed by atoms with E-state index in [1.165, 1.54) is 12.3 Å². The molecule has 0 unspecified atom stereocenters. The van der Waals surface area contributed by atoms with E-state index in [1.807, 2.05) is 0 Å². The molecule has 0 rings (SSSR count). The Labute approximate surface area is 58.4 Å². The zero-order chi connectivity index (χ0) is 7.28. The predicted molar refractivity (Wildman–Crippen MR) is 37.1 cm³/mol. The van der Waals surface area contributed by atoms with Crippen LogP contribution in [0.2, 0.25) is 0 Å². The van der Waals surface area contributed by atoms with E-state index in [2.05, 4.69) is 17.5 Å². The highest BCUT2D eigenvalue weighted by Gasteiger charge is 1.98. The molecule has 50 valence electrons. The van der Waals surface area contributed by atoms with E-state index in [-0.39, 0.29) is 18.2 Å². The van der Waals surface area contributed by atoms with Gasteiger partial charge in [-0.25, -0.2) is 0 Å². The maximum atomic E-state index is 10.4. The van der Waals surface area contributed by atoms with Crippen LogP contribution in [0.1, 0.15) is 13.3 Å². The van der Waals surface area contributed by atoms with Gasteiger partial charge in [0.15, 0.2) is 0 Å². The van der Waals surface area contributed by atoms with Crippen LogP contribution in [0, 0.1) is 0 Å². The monoisotopic (exact) mass is 145 g/mol. The average molecular weight is 145 g/mol. The van der Waals surface area contributed by atoms with E-state index >= 15 is 0 Å². The SMILES string of the molecule is CC(=O)NC(=O)CC=S. The quantitative estimate of drug-likeness (QED) is 0.558. The molecule has 1 N–H and O–H groups in total. The van der Waals surface area contributed by atoms with Gasteiger partial charge in [0.2, 0.25) is 11.8 Å². The number of hydrogen-bond acceptors (Lipinski definition) is 3. The molecule has 0 aliphatic rings. The molecule has 0 spiro atoms. The molecule has 0 heterocycles. The Morgan fingerprint density at radius 2 is 2.22 bits per heavy atom. The topological polar surface area (TPSA) is 46.2 Å². The van der Waals surface area contributed by atoms with Crippen molar-refractivity contribution in [2.75, 3.05) is 0 Å². The number of imide groups is 1. The minimum Gasteiger partial charge on any atom is -0.296 e. The highest BCUT2D eigenvalue weighted by molar-refractivity contribution is 7.79. The highest BCUT2D eigenvalue weighted by Crippen LogP contribution is 1.73. The summed E-state index contributed by atoms with van der Waals surface area (Å²) >= 11 is 4.38.